The minimum Gasteiger partial charge on any atom is -0.494 e. The van der Waals surface area contributed by atoms with Crippen LogP contribution in [-0.4, -0.2) is 37.4 Å². The highest BCUT2D eigenvalue weighted by molar-refractivity contribution is 7.90. The molecule has 1 heterocycles. The van der Waals surface area contributed by atoms with Crippen molar-refractivity contribution in [3.05, 3.63) is 95.3 Å². The van der Waals surface area contributed by atoms with Crippen LogP contribution >= 0.6 is 0 Å². The van der Waals surface area contributed by atoms with Crippen molar-refractivity contribution in [1.29, 1.82) is 0 Å². The first-order chi connectivity index (χ1) is 18.2. The van der Waals surface area contributed by atoms with Gasteiger partial charge in [0.25, 0.3) is 10.0 Å². The highest BCUT2D eigenvalue weighted by Crippen LogP contribution is 2.30. The molecule has 0 fully saturated rings. The van der Waals surface area contributed by atoms with Gasteiger partial charge in [-0.05, 0) is 81.6 Å². The third kappa shape index (κ3) is 6.23. The third-order valence-corrected chi connectivity index (χ3v) is 7.53. The molecule has 2 amide bonds. The van der Waals surface area contributed by atoms with Gasteiger partial charge in [0.1, 0.15) is 5.75 Å². The number of aryl methyl sites for hydroxylation is 2. The van der Waals surface area contributed by atoms with Crippen LogP contribution in [-0.2, 0) is 16.4 Å². The summed E-state index contributed by atoms with van der Waals surface area (Å²) < 4.78 is 34.2. The number of benzene rings is 3. The number of sulfonamides is 1. The van der Waals surface area contributed by atoms with Gasteiger partial charge in [-0.15, -0.1) is 0 Å². The van der Waals surface area contributed by atoms with Crippen LogP contribution in [0.4, 0.5) is 4.79 Å². The lowest BCUT2D eigenvalue weighted by atomic mass is 10.0. The summed E-state index contributed by atoms with van der Waals surface area (Å²) in [4.78, 5) is 12.2. The molecule has 0 aliphatic rings. The van der Waals surface area contributed by atoms with Gasteiger partial charge in [0, 0.05) is 17.8 Å². The van der Waals surface area contributed by atoms with E-state index in [0.717, 1.165) is 45.1 Å². The van der Waals surface area contributed by atoms with E-state index in [4.69, 9.17) is 9.84 Å². The molecule has 0 bridgehead atoms. The Morgan fingerprint density at radius 2 is 1.58 bits per heavy atom. The van der Waals surface area contributed by atoms with Crippen molar-refractivity contribution in [1.82, 2.24) is 19.8 Å². The molecule has 0 spiro atoms. The standard InChI is InChI=1S/C29H32N4O4S/c1-5-37-26-14-10-24(11-15-26)28-21(3)31-33(22(28)4)25-12-8-23(9-13-25)18-19-30-29(34)32-38(35,36)27-16-6-20(2)7-17-27/h6-17H,5,18-19H2,1-4H3,(H2,30,32,34). The number of nitrogens with one attached hydrogen (secondary N) is 2. The first-order valence-corrected chi connectivity index (χ1v) is 13.9. The zero-order valence-corrected chi connectivity index (χ0v) is 22.8. The molecule has 0 saturated carbocycles. The average Bonchev–Trinajstić information content (AvgIpc) is 3.19. The Balaban J connectivity index is 1.36. The Kier molecular flexibility index (Phi) is 8.16. The molecule has 0 atom stereocenters. The van der Waals surface area contributed by atoms with Crippen LogP contribution in [0.25, 0.3) is 16.8 Å². The van der Waals surface area contributed by atoms with Crippen LogP contribution in [0.2, 0.25) is 0 Å². The number of amides is 2. The maximum atomic E-state index is 12.4. The molecule has 4 rings (SSSR count). The van der Waals surface area contributed by atoms with E-state index in [1.165, 1.54) is 12.1 Å². The van der Waals surface area contributed by atoms with Gasteiger partial charge >= 0.3 is 6.03 Å². The molecule has 0 aliphatic heterocycles. The second kappa shape index (κ2) is 11.5. The molecule has 0 radical (unpaired) electrons. The largest absolute Gasteiger partial charge is 0.494 e. The molecule has 8 nitrogen and oxygen atoms in total. The van der Waals surface area contributed by atoms with E-state index in [1.807, 2.05) is 85.6 Å². The highest BCUT2D eigenvalue weighted by atomic mass is 32.2. The Hall–Kier alpha value is -4.11. The predicted molar refractivity (Wildman–Crippen MR) is 148 cm³/mol. The summed E-state index contributed by atoms with van der Waals surface area (Å²) >= 11 is 0. The monoisotopic (exact) mass is 532 g/mol. The summed E-state index contributed by atoms with van der Waals surface area (Å²) in [5, 5.41) is 7.37. The number of carbonyl (C=O) groups excluding carboxylic acids is 1. The van der Waals surface area contributed by atoms with Gasteiger partial charge in [0.05, 0.1) is 22.9 Å². The number of hydrogen-bond acceptors (Lipinski definition) is 5. The first kappa shape index (κ1) is 26.9. The number of hydrogen-bond donors (Lipinski definition) is 2. The summed E-state index contributed by atoms with van der Waals surface area (Å²) in [6, 6.07) is 21.5. The van der Waals surface area contributed by atoms with Gasteiger partial charge in [-0.2, -0.15) is 5.10 Å². The Labute approximate surface area is 223 Å². The maximum absolute atomic E-state index is 12.4. The summed E-state index contributed by atoms with van der Waals surface area (Å²) in [6.07, 6.45) is 0.548. The Morgan fingerprint density at radius 1 is 0.921 bits per heavy atom. The van der Waals surface area contributed by atoms with Crippen molar-refractivity contribution in [2.75, 3.05) is 13.2 Å². The van der Waals surface area contributed by atoms with Gasteiger partial charge < -0.3 is 10.1 Å². The molecule has 9 heteroatoms. The summed E-state index contributed by atoms with van der Waals surface area (Å²) in [7, 11) is -3.92. The van der Waals surface area contributed by atoms with E-state index in [9.17, 15) is 13.2 Å². The van der Waals surface area contributed by atoms with Crippen molar-refractivity contribution in [3.8, 4) is 22.6 Å². The minimum absolute atomic E-state index is 0.0451. The molecule has 3 aromatic carbocycles. The second-order valence-corrected chi connectivity index (χ2v) is 10.7. The lowest BCUT2D eigenvalue weighted by Crippen LogP contribution is -2.40. The lowest BCUT2D eigenvalue weighted by Gasteiger charge is -2.10. The van der Waals surface area contributed by atoms with Crippen molar-refractivity contribution >= 4 is 16.1 Å². The van der Waals surface area contributed by atoms with Gasteiger partial charge in [0.2, 0.25) is 0 Å². The first-order valence-electron chi connectivity index (χ1n) is 12.4. The van der Waals surface area contributed by atoms with Crippen LogP contribution in [0.1, 0.15) is 29.4 Å². The SMILES string of the molecule is CCOc1ccc(-c2c(C)nn(-c3ccc(CCNC(=O)NS(=O)(=O)c4ccc(C)cc4)cc3)c2C)cc1. The molecule has 0 aliphatic carbocycles. The predicted octanol–water partition coefficient (Wildman–Crippen LogP) is 5.09. The van der Waals surface area contributed by atoms with E-state index in [-0.39, 0.29) is 11.4 Å². The third-order valence-electron chi connectivity index (χ3n) is 6.18. The highest BCUT2D eigenvalue weighted by Gasteiger charge is 2.17. The molecule has 2 N–H and O–H groups in total. The summed E-state index contributed by atoms with van der Waals surface area (Å²) in [5.41, 5.74) is 7.02. The zero-order valence-electron chi connectivity index (χ0n) is 22.0. The average molecular weight is 533 g/mol. The maximum Gasteiger partial charge on any atom is 0.328 e. The van der Waals surface area contributed by atoms with E-state index in [2.05, 4.69) is 5.32 Å². The zero-order chi connectivity index (χ0) is 27.3. The normalized spacial score (nSPS) is 11.3. The van der Waals surface area contributed by atoms with E-state index in [0.29, 0.717) is 13.0 Å². The number of urea groups is 1. The van der Waals surface area contributed by atoms with E-state index >= 15 is 0 Å². The summed E-state index contributed by atoms with van der Waals surface area (Å²) in [5.74, 6) is 0.842. The lowest BCUT2D eigenvalue weighted by molar-refractivity contribution is 0.246. The van der Waals surface area contributed by atoms with Gasteiger partial charge in [-0.3, -0.25) is 0 Å². The van der Waals surface area contributed by atoms with Crippen LogP contribution in [0.15, 0.2) is 77.7 Å². The van der Waals surface area contributed by atoms with Crippen LogP contribution in [0.5, 0.6) is 5.75 Å². The van der Waals surface area contributed by atoms with Gasteiger partial charge in [-0.1, -0.05) is 42.0 Å². The van der Waals surface area contributed by atoms with Gasteiger partial charge in [-0.25, -0.2) is 22.6 Å². The molecule has 0 saturated heterocycles. The van der Waals surface area contributed by atoms with Gasteiger partial charge in [0.15, 0.2) is 0 Å². The fourth-order valence-corrected chi connectivity index (χ4v) is 5.18. The number of carbonyl (C=O) groups is 1. The second-order valence-electron chi connectivity index (χ2n) is 9.01. The van der Waals surface area contributed by atoms with Crippen LogP contribution in [0, 0.1) is 20.8 Å². The van der Waals surface area contributed by atoms with Crippen molar-refractivity contribution in [2.45, 2.75) is 39.0 Å². The molecule has 198 valence electrons. The molecule has 0 unspecified atom stereocenters. The smallest absolute Gasteiger partial charge is 0.328 e. The Bertz CT molecular complexity index is 1510. The molecule has 4 aromatic rings. The van der Waals surface area contributed by atoms with Crippen LogP contribution < -0.4 is 14.8 Å². The van der Waals surface area contributed by atoms with Crippen molar-refractivity contribution in [3.63, 3.8) is 0 Å². The fourth-order valence-electron chi connectivity index (χ4n) is 4.26. The number of aromatic nitrogens is 2. The number of ether oxygens (including phenoxy) is 1. The molecule has 38 heavy (non-hydrogen) atoms. The van der Waals surface area contributed by atoms with E-state index < -0.39 is 16.1 Å². The topological polar surface area (TPSA) is 102 Å². The quantitative estimate of drug-likeness (QED) is 0.313. The minimum atomic E-state index is -3.92. The Morgan fingerprint density at radius 3 is 2.21 bits per heavy atom. The van der Waals surface area contributed by atoms with Crippen molar-refractivity contribution < 1.29 is 17.9 Å². The summed E-state index contributed by atoms with van der Waals surface area (Å²) in [6.45, 7) is 8.79. The van der Waals surface area contributed by atoms with Crippen molar-refractivity contribution in [2.24, 2.45) is 0 Å². The fraction of sp³-hybridized carbons (Fsp3) is 0.241. The molecule has 1 aromatic heterocycles. The van der Waals surface area contributed by atoms with E-state index in [1.54, 1.807) is 12.1 Å². The molecular weight excluding hydrogens is 500 g/mol. The number of nitrogens with zero attached hydrogens (tertiary/aromatic N) is 2. The molecular formula is C29H32N4O4S. The van der Waals surface area contributed by atoms with Crippen LogP contribution in [0.3, 0.4) is 0 Å². The number of rotatable bonds is 9.